The molecule has 1 aliphatic heterocycles. The number of hydrogen-bond acceptors (Lipinski definition) is 7. The number of rotatable bonds is 4. The fourth-order valence-corrected chi connectivity index (χ4v) is 6.40. The summed E-state index contributed by atoms with van der Waals surface area (Å²) in [4.78, 5) is 12.9. The van der Waals surface area contributed by atoms with Crippen LogP contribution in [0, 0.1) is 2.88 Å². The number of fused-ring (bicyclic) bond motifs is 1. The first kappa shape index (κ1) is 19.5. The van der Waals surface area contributed by atoms with Gasteiger partial charge in [-0.2, -0.15) is 4.31 Å². The third-order valence-electron chi connectivity index (χ3n) is 4.12. The molecule has 140 valence electrons. The van der Waals surface area contributed by atoms with E-state index in [4.69, 9.17) is 9.47 Å². The van der Waals surface area contributed by atoms with Gasteiger partial charge in [-0.15, -0.1) is 11.3 Å². The predicted molar refractivity (Wildman–Crippen MR) is 104 cm³/mol. The zero-order valence-corrected chi connectivity index (χ0v) is 17.7. The summed E-state index contributed by atoms with van der Waals surface area (Å²) in [5.74, 6) is -0.287. The lowest BCUT2D eigenvalue weighted by Crippen LogP contribution is -2.50. The van der Waals surface area contributed by atoms with Crippen LogP contribution in [0.4, 0.5) is 0 Å². The number of methoxy groups -OCH3 is 2. The number of hydrogen-bond donors (Lipinski definition) is 1. The molecule has 2 aromatic rings. The largest absolute Gasteiger partial charge is 0.497 e. The Kier molecular flexibility index (Phi) is 5.58. The van der Waals surface area contributed by atoms with Crippen LogP contribution in [0.3, 0.4) is 0 Å². The minimum absolute atomic E-state index is 0.00720. The van der Waals surface area contributed by atoms with Crippen molar-refractivity contribution in [2.75, 3.05) is 14.2 Å². The van der Waals surface area contributed by atoms with E-state index in [1.807, 2.05) is 6.07 Å². The van der Waals surface area contributed by atoms with Crippen LogP contribution in [-0.4, -0.2) is 44.1 Å². The van der Waals surface area contributed by atoms with Crippen molar-refractivity contribution in [3.8, 4) is 5.75 Å². The number of esters is 1. The van der Waals surface area contributed by atoms with Gasteiger partial charge in [0.1, 0.15) is 11.9 Å². The first-order valence-electron chi connectivity index (χ1n) is 7.49. The Morgan fingerprint density at radius 3 is 2.54 bits per heavy atom. The maximum absolute atomic E-state index is 13.1. The molecule has 0 radical (unpaired) electrons. The molecule has 26 heavy (non-hydrogen) atoms. The molecule has 1 N–H and O–H groups in total. The van der Waals surface area contributed by atoms with E-state index >= 15 is 0 Å². The van der Waals surface area contributed by atoms with E-state index in [1.54, 1.807) is 0 Å². The van der Waals surface area contributed by atoms with Crippen molar-refractivity contribution in [1.82, 2.24) is 4.31 Å². The minimum Gasteiger partial charge on any atom is -0.497 e. The summed E-state index contributed by atoms with van der Waals surface area (Å²) >= 11 is 3.44. The van der Waals surface area contributed by atoms with Gasteiger partial charge >= 0.3 is 5.97 Å². The van der Waals surface area contributed by atoms with E-state index in [0.717, 1.165) is 7.19 Å². The van der Waals surface area contributed by atoms with Gasteiger partial charge in [0, 0.05) is 11.4 Å². The summed E-state index contributed by atoms with van der Waals surface area (Å²) in [6.07, 6.45) is -1.28. The number of aliphatic hydroxyl groups excluding tert-OH is 1. The topological polar surface area (TPSA) is 93.1 Å². The van der Waals surface area contributed by atoms with E-state index in [2.05, 4.69) is 22.6 Å². The van der Waals surface area contributed by atoms with E-state index < -0.39 is 28.1 Å². The van der Waals surface area contributed by atoms with Gasteiger partial charge in [0.2, 0.25) is 10.0 Å². The van der Waals surface area contributed by atoms with Gasteiger partial charge in [-0.3, -0.25) is 4.79 Å². The Bertz CT molecular complexity index is 925. The van der Waals surface area contributed by atoms with Crippen molar-refractivity contribution in [2.24, 2.45) is 0 Å². The molecule has 0 amide bonds. The molecular weight excluding hydrogens is 493 g/mol. The maximum atomic E-state index is 13.1. The second kappa shape index (κ2) is 7.43. The van der Waals surface area contributed by atoms with Crippen molar-refractivity contribution in [3.05, 3.63) is 43.7 Å². The molecule has 1 aromatic carbocycles. The molecule has 0 saturated carbocycles. The molecule has 2 unspecified atom stereocenters. The van der Waals surface area contributed by atoms with E-state index in [9.17, 15) is 18.3 Å². The monoisotopic (exact) mass is 509 g/mol. The number of benzene rings is 1. The molecule has 0 bridgehead atoms. The molecule has 2 atom stereocenters. The van der Waals surface area contributed by atoms with Crippen molar-refractivity contribution in [3.63, 3.8) is 0 Å². The summed E-state index contributed by atoms with van der Waals surface area (Å²) in [6, 6.07) is 6.34. The van der Waals surface area contributed by atoms with E-state index in [0.29, 0.717) is 16.2 Å². The van der Waals surface area contributed by atoms with Crippen LogP contribution in [0.5, 0.6) is 5.75 Å². The van der Waals surface area contributed by atoms with Gasteiger partial charge in [0.15, 0.2) is 6.04 Å². The SMILES string of the molecule is COC(=O)C1C(O)c2sc(I)cc2CN1S(=O)(=O)c1ccc(OC)cc1. The second-order valence-electron chi connectivity index (χ2n) is 5.58. The van der Waals surface area contributed by atoms with Crippen LogP contribution in [-0.2, 0) is 26.1 Å². The van der Waals surface area contributed by atoms with Gasteiger partial charge in [-0.05, 0) is 58.5 Å². The Balaban J connectivity index is 2.08. The molecule has 0 spiro atoms. The highest BCUT2D eigenvalue weighted by atomic mass is 127. The summed E-state index contributed by atoms with van der Waals surface area (Å²) < 4.78 is 38.0. The van der Waals surface area contributed by atoms with Gasteiger partial charge in [-0.1, -0.05) is 0 Å². The van der Waals surface area contributed by atoms with Gasteiger partial charge in [0.05, 0.1) is 22.0 Å². The lowest BCUT2D eigenvalue weighted by atomic mass is 10.0. The average Bonchev–Trinajstić information content (AvgIpc) is 3.02. The fraction of sp³-hybridized carbons (Fsp3) is 0.312. The second-order valence-corrected chi connectivity index (χ2v) is 10.4. The van der Waals surface area contributed by atoms with Crippen molar-refractivity contribution in [1.29, 1.82) is 0 Å². The standard InChI is InChI=1S/C16H16INO6S2/c1-23-10-3-5-11(6-4-10)26(21,22)18-8-9-7-12(17)25-15(9)14(19)13(18)16(20)24-2/h3-7,13-14,19H,8H2,1-2H3. The van der Waals surface area contributed by atoms with Crippen LogP contribution < -0.4 is 4.74 Å². The lowest BCUT2D eigenvalue weighted by molar-refractivity contribution is -0.150. The van der Waals surface area contributed by atoms with Crippen molar-refractivity contribution in [2.45, 2.75) is 23.6 Å². The van der Waals surface area contributed by atoms with Crippen molar-refractivity contribution >= 4 is 49.9 Å². The number of thiophene rings is 1. The van der Waals surface area contributed by atoms with Crippen LogP contribution in [0.2, 0.25) is 0 Å². The number of aliphatic hydroxyl groups is 1. The Hall–Kier alpha value is -1.21. The highest BCUT2D eigenvalue weighted by Gasteiger charge is 2.46. The molecule has 7 nitrogen and oxygen atoms in total. The summed E-state index contributed by atoms with van der Waals surface area (Å²) in [7, 11) is -1.39. The highest BCUT2D eigenvalue weighted by molar-refractivity contribution is 14.1. The zero-order valence-electron chi connectivity index (χ0n) is 13.9. The summed E-state index contributed by atoms with van der Waals surface area (Å²) in [6.45, 7) is -0.0139. The normalized spacial score (nSPS) is 20.5. The molecule has 2 heterocycles. The molecule has 10 heteroatoms. The Morgan fingerprint density at radius 1 is 1.31 bits per heavy atom. The third kappa shape index (κ3) is 3.36. The Morgan fingerprint density at radius 2 is 1.96 bits per heavy atom. The first-order chi connectivity index (χ1) is 12.3. The number of nitrogens with zero attached hydrogens (tertiary/aromatic N) is 1. The average molecular weight is 509 g/mol. The Labute approximate surface area is 168 Å². The van der Waals surface area contributed by atoms with Gasteiger partial charge in [-0.25, -0.2) is 8.42 Å². The zero-order chi connectivity index (χ0) is 19.1. The summed E-state index contributed by atoms with van der Waals surface area (Å²) in [5.41, 5.74) is 0.684. The number of ether oxygens (including phenoxy) is 2. The number of carbonyl (C=O) groups is 1. The molecule has 0 aliphatic carbocycles. The van der Waals surface area contributed by atoms with Crippen molar-refractivity contribution < 1.29 is 27.8 Å². The third-order valence-corrected chi connectivity index (χ3v) is 7.97. The van der Waals surface area contributed by atoms with Crippen LogP contribution in [0.1, 0.15) is 16.5 Å². The number of carbonyl (C=O) groups excluding carboxylic acids is 1. The molecule has 0 fully saturated rings. The number of halogens is 1. The minimum atomic E-state index is -4.04. The molecule has 1 aromatic heterocycles. The van der Waals surface area contributed by atoms with Crippen LogP contribution in [0.15, 0.2) is 35.2 Å². The van der Waals surface area contributed by atoms with Crippen LogP contribution >= 0.6 is 33.9 Å². The maximum Gasteiger partial charge on any atom is 0.327 e. The van der Waals surface area contributed by atoms with Crippen LogP contribution in [0.25, 0.3) is 0 Å². The van der Waals surface area contributed by atoms with Gasteiger partial charge in [0.25, 0.3) is 0 Å². The van der Waals surface area contributed by atoms with Gasteiger partial charge < -0.3 is 14.6 Å². The smallest absolute Gasteiger partial charge is 0.327 e. The molecular formula is C16H16INO6S2. The van der Waals surface area contributed by atoms with E-state index in [-0.39, 0.29) is 11.4 Å². The molecule has 1 aliphatic rings. The quantitative estimate of drug-likeness (QED) is 0.502. The highest BCUT2D eigenvalue weighted by Crippen LogP contribution is 2.40. The summed E-state index contributed by atoms with van der Waals surface area (Å²) in [5, 5.41) is 10.7. The molecule has 3 rings (SSSR count). The predicted octanol–water partition coefficient (Wildman–Crippen LogP) is 2.14. The number of sulfonamides is 1. The first-order valence-corrected chi connectivity index (χ1v) is 10.8. The fourth-order valence-electron chi connectivity index (χ4n) is 2.83. The molecule has 0 saturated heterocycles. The lowest BCUT2D eigenvalue weighted by Gasteiger charge is -2.35. The van der Waals surface area contributed by atoms with E-state index in [1.165, 1.54) is 49.8 Å².